The first-order chi connectivity index (χ1) is 14.0. The lowest BCUT2D eigenvalue weighted by Crippen LogP contribution is -2.60. The quantitative estimate of drug-likeness (QED) is 0.638. The molecule has 1 aliphatic carbocycles. The molecule has 2 saturated heterocycles. The Hall–Kier alpha value is -2.74. The first-order valence-corrected chi connectivity index (χ1v) is 10.3. The lowest BCUT2D eigenvalue weighted by Gasteiger charge is -2.54. The average Bonchev–Trinajstić information content (AvgIpc) is 2.86. The summed E-state index contributed by atoms with van der Waals surface area (Å²) in [6, 6.07) is 4.21. The van der Waals surface area contributed by atoms with Crippen LogP contribution in [0.2, 0.25) is 0 Å². The molecule has 29 heavy (non-hydrogen) atoms. The van der Waals surface area contributed by atoms with Crippen molar-refractivity contribution in [1.29, 1.82) is 0 Å². The van der Waals surface area contributed by atoms with Crippen molar-refractivity contribution >= 4 is 29.3 Å². The lowest BCUT2D eigenvalue weighted by atomic mass is 9.58. The van der Waals surface area contributed by atoms with Gasteiger partial charge in [-0.15, -0.1) is 0 Å². The molecule has 3 N–H and O–H groups in total. The van der Waals surface area contributed by atoms with E-state index in [0.717, 1.165) is 42.6 Å². The highest BCUT2D eigenvalue weighted by molar-refractivity contribution is 6.23. The van der Waals surface area contributed by atoms with E-state index in [9.17, 15) is 19.2 Å². The van der Waals surface area contributed by atoms with Crippen LogP contribution in [0.3, 0.4) is 0 Å². The molecule has 3 fully saturated rings. The zero-order valence-corrected chi connectivity index (χ0v) is 16.1. The maximum atomic E-state index is 12.8. The summed E-state index contributed by atoms with van der Waals surface area (Å²) in [6.07, 6.45) is 3.96. The Labute approximate surface area is 168 Å². The number of nitrogens with zero attached hydrogens (tertiary/aromatic N) is 1. The summed E-state index contributed by atoms with van der Waals surface area (Å²) in [4.78, 5) is 50.0. The fourth-order valence-electron chi connectivity index (χ4n) is 5.14. The molecule has 1 unspecified atom stereocenters. The van der Waals surface area contributed by atoms with Crippen LogP contribution < -0.4 is 16.0 Å². The minimum Gasteiger partial charge on any atom is -0.385 e. The summed E-state index contributed by atoms with van der Waals surface area (Å²) < 4.78 is 0. The molecule has 152 valence electrons. The van der Waals surface area contributed by atoms with Gasteiger partial charge in [-0.1, -0.05) is 0 Å². The third kappa shape index (κ3) is 3.02. The molecule has 1 aromatic rings. The van der Waals surface area contributed by atoms with Crippen LogP contribution in [0.15, 0.2) is 18.2 Å². The largest absolute Gasteiger partial charge is 0.385 e. The number of carbonyl (C=O) groups excluding carboxylic acids is 4. The van der Waals surface area contributed by atoms with E-state index in [-0.39, 0.29) is 18.7 Å². The van der Waals surface area contributed by atoms with Gasteiger partial charge >= 0.3 is 0 Å². The van der Waals surface area contributed by atoms with Crippen LogP contribution in [-0.2, 0) is 9.59 Å². The molecule has 0 bridgehead atoms. The van der Waals surface area contributed by atoms with Crippen LogP contribution in [0.4, 0.5) is 5.69 Å². The van der Waals surface area contributed by atoms with Crippen LogP contribution in [0.25, 0.3) is 0 Å². The maximum Gasteiger partial charge on any atom is 0.262 e. The number of benzene rings is 1. The maximum absolute atomic E-state index is 12.8. The van der Waals surface area contributed by atoms with Crippen molar-refractivity contribution in [2.75, 3.05) is 25.0 Å². The smallest absolute Gasteiger partial charge is 0.262 e. The van der Waals surface area contributed by atoms with Crippen LogP contribution >= 0.6 is 0 Å². The van der Waals surface area contributed by atoms with Crippen molar-refractivity contribution in [2.45, 2.75) is 38.1 Å². The van der Waals surface area contributed by atoms with E-state index in [1.807, 2.05) is 0 Å². The number of anilines is 1. The first-order valence-electron chi connectivity index (χ1n) is 10.3. The van der Waals surface area contributed by atoms with E-state index >= 15 is 0 Å². The molecule has 8 heteroatoms. The van der Waals surface area contributed by atoms with E-state index in [4.69, 9.17) is 0 Å². The number of hydrogen-bond acceptors (Lipinski definition) is 6. The van der Waals surface area contributed by atoms with Crippen molar-refractivity contribution in [3.8, 4) is 0 Å². The molecule has 4 aliphatic rings. The third-order valence-corrected chi connectivity index (χ3v) is 6.76. The minimum absolute atomic E-state index is 0.120. The molecule has 0 aromatic heterocycles. The predicted octanol–water partition coefficient (Wildman–Crippen LogP) is 0.889. The summed E-state index contributed by atoms with van der Waals surface area (Å²) in [7, 11) is 0. The van der Waals surface area contributed by atoms with E-state index in [1.165, 1.54) is 12.8 Å². The SMILES string of the molecule is O=C1CCC(N2C(=O)c3ccc(NCCC4CC5(CNC5)C4)cc3C2=O)C(=O)N1. The molecule has 3 heterocycles. The summed E-state index contributed by atoms with van der Waals surface area (Å²) >= 11 is 0. The number of nitrogens with one attached hydrogen (secondary N) is 3. The predicted molar refractivity (Wildman–Crippen MR) is 104 cm³/mol. The van der Waals surface area contributed by atoms with Gasteiger partial charge in [-0.3, -0.25) is 29.4 Å². The number of carbonyl (C=O) groups is 4. The molecule has 1 atom stereocenters. The Bertz CT molecular complexity index is 915. The van der Waals surface area contributed by atoms with Crippen molar-refractivity contribution in [3.63, 3.8) is 0 Å². The van der Waals surface area contributed by atoms with Crippen molar-refractivity contribution < 1.29 is 19.2 Å². The highest BCUT2D eigenvalue weighted by Crippen LogP contribution is 2.49. The standard InChI is InChI=1S/C21H24N4O4/c26-17-4-3-16(18(27)24-17)25-19(28)14-2-1-13(7-15(14)20(25)29)23-6-5-12-8-21(9-12)10-22-11-21/h1-2,7,12,16,22-23H,3-6,8-11H2,(H,24,26,27). The van der Waals surface area contributed by atoms with Gasteiger partial charge in [0.2, 0.25) is 11.8 Å². The molecule has 1 spiro atoms. The van der Waals surface area contributed by atoms with E-state index in [1.54, 1.807) is 18.2 Å². The summed E-state index contributed by atoms with van der Waals surface area (Å²) in [5, 5.41) is 8.92. The fourth-order valence-corrected chi connectivity index (χ4v) is 5.14. The number of imide groups is 2. The molecular weight excluding hydrogens is 372 g/mol. The second kappa shape index (κ2) is 6.66. The Morgan fingerprint density at radius 3 is 2.52 bits per heavy atom. The molecular formula is C21H24N4O4. The summed E-state index contributed by atoms with van der Waals surface area (Å²) in [5.41, 5.74) is 2.00. The van der Waals surface area contributed by atoms with E-state index in [2.05, 4.69) is 16.0 Å². The van der Waals surface area contributed by atoms with E-state index < -0.39 is 23.8 Å². The van der Waals surface area contributed by atoms with Gasteiger partial charge in [-0.2, -0.15) is 0 Å². The Morgan fingerprint density at radius 1 is 1.07 bits per heavy atom. The van der Waals surface area contributed by atoms with Gasteiger partial charge in [0.1, 0.15) is 6.04 Å². The molecule has 4 amide bonds. The number of hydrogen-bond donors (Lipinski definition) is 3. The fraction of sp³-hybridized carbons (Fsp3) is 0.524. The second-order valence-electron chi connectivity index (χ2n) is 8.80. The van der Waals surface area contributed by atoms with Crippen LogP contribution in [0.1, 0.15) is 52.8 Å². The van der Waals surface area contributed by atoms with Crippen LogP contribution in [-0.4, -0.2) is 54.2 Å². The second-order valence-corrected chi connectivity index (χ2v) is 8.80. The summed E-state index contributed by atoms with van der Waals surface area (Å²) in [6.45, 7) is 3.13. The van der Waals surface area contributed by atoms with Gasteiger partial charge in [0.15, 0.2) is 0 Å². The van der Waals surface area contributed by atoms with Gasteiger partial charge in [0.25, 0.3) is 11.8 Å². The molecule has 0 radical (unpaired) electrons. The third-order valence-electron chi connectivity index (χ3n) is 6.76. The normalized spacial score (nSPS) is 25.5. The highest BCUT2D eigenvalue weighted by Gasteiger charge is 2.48. The summed E-state index contributed by atoms with van der Waals surface area (Å²) in [5.74, 6) is -1.15. The number of piperidine rings is 1. The van der Waals surface area contributed by atoms with Crippen LogP contribution in [0.5, 0.6) is 0 Å². The van der Waals surface area contributed by atoms with E-state index in [0.29, 0.717) is 16.5 Å². The van der Waals surface area contributed by atoms with Gasteiger partial charge in [-0.25, -0.2) is 0 Å². The zero-order valence-electron chi connectivity index (χ0n) is 16.1. The van der Waals surface area contributed by atoms with Gasteiger partial charge < -0.3 is 10.6 Å². The molecule has 1 aromatic carbocycles. The molecule has 3 aliphatic heterocycles. The molecule has 5 rings (SSSR count). The molecule has 1 saturated carbocycles. The topological polar surface area (TPSA) is 108 Å². The van der Waals surface area contributed by atoms with Crippen molar-refractivity contribution in [2.24, 2.45) is 11.3 Å². The lowest BCUT2D eigenvalue weighted by molar-refractivity contribution is -0.136. The van der Waals surface area contributed by atoms with Gasteiger partial charge in [0.05, 0.1) is 11.1 Å². The molecule has 8 nitrogen and oxygen atoms in total. The number of amides is 4. The van der Waals surface area contributed by atoms with Crippen molar-refractivity contribution in [1.82, 2.24) is 15.5 Å². The Balaban J connectivity index is 1.22. The van der Waals surface area contributed by atoms with Gasteiger partial charge in [-0.05, 0) is 55.2 Å². The monoisotopic (exact) mass is 396 g/mol. The Kier molecular flexibility index (Phi) is 4.20. The number of fused-ring (bicyclic) bond motifs is 1. The van der Waals surface area contributed by atoms with Crippen LogP contribution in [0, 0.1) is 11.3 Å². The minimum atomic E-state index is -0.927. The van der Waals surface area contributed by atoms with Gasteiger partial charge in [0, 0.05) is 31.7 Å². The zero-order chi connectivity index (χ0) is 20.2. The average molecular weight is 396 g/mol. The van der Waals surface area contributed by atoms with Crippen molar-refractivity contribution in [3.05, 3.63) is 29.3 Å². The number of rotatable bonds is 5. The highest BCUT2D eigenvalue weighted by atomic mass is 16.2. The first kappa shape index (κ1) is 18.3. The Morgan fingerprint density at radius 2 is 1.83 bits per heavy atom.